The number of hydrogen-bond acceptors (Lipinski definition) is 3. The Kier molecular flexibility index (Phi) is 3.90. The van der Waals surface area contributed by atoms with Crippen molar-refractivity contribution < 1.29 is 14.7 Å². The first-order valence-corrected chi connectivity index (χ1v) is 6.69. The number of carbonyl (C=O) groups excluding carboxylic acids is 2. The van der Waals surface area contributed by atoms with E-state index >= 15 is 0 Å². The van der Waals surface area contributed by atoms with E-state index in [9.17, 15) is 14.7 Å². The van der Waals surface area contributed by atoms with Crippen LogP contribution in [0.4, 0.5) is 0 Å². The van der Waals surface area contributed by atoms with E-state index in [2.05, 4.69) is 0 Å². The molecule has 1 aliphatic carbocycles. The second kappa shape index (κ2) is 5.26. The van der Waals surface area contributed by atoms with Crippen LogP contribution < -0.4 is 0 Å². The quantitative estimate of drug-likeness (QED) is 0.767. The number of amides is 2. The van der Waals surface area contributed by atoms with Crippen molar-refractivity contribution in [2.24, 2.45) is 5.92 Å². The molecule has 2 aliphatic rings. The van der Waals surface area contributed by atoms with Gasteiger partial charge in [-0.15, -0.1) is 0 Å². The van der Waals surface area contributed by atoms with Gasteiger partial charge in [-0.1, -0.05) is 0 Å². The van der Waals surface area contributed by atoms with E-state index in [0.29, 0.717) is 13.1 Å². The molecule has 0 aromatic heterocycles. The van der Waals surface area contributed by atoms with Crippen molar-refractivity contribution in [2.75, 3.05) is 20.1 Å². The van der Waals surface area contributed by atoms with E-state index in [1.54, 1.807) is 4.90 Å². The van der Waals surface area contributed by atoms with E-state index in [1.165, 1.54) is 6.92 Å². The summed E-state index contributed by atoms with van der Waals surface area (Å²) in [4.78, 5) is 26.8. The summed E-state index contributed by atoms with van der Waals surface area (Å²) >= 11 is 0. The second-order valence-corrected chi connectivity index (χ2v) is 5.53. The van der Waals surface area contributed by atoms with Gasteiger partial charge in [-0.25, -0.2) is 0 Å². The summed E-state index contributed by atoms with van der Waals surface area (Å²) in [6, 6.07) is 0.257. The summed E-state index contributed by atoms with van der Waals surface area (Å²) in [6.45, 7) is 2.66. The highest BCUT2D eigenvalue weighted by Crippen LogP contribution is 2.25. The van der Waals surface area contributed by atoms with Gasteiger partial charge in [0.05, 0.1) is 12.0 Å². The predicted molar refractivity (Wildman–Crippen MR) is 66.8 cm³/mol. The van der Waals surface area contributed by atoms with Gasteiger partial charge in [0.15, 0.2) is 0 Å². The van der Waals surface area contributed by atoms with Gasteiger partial charge < -0.3 is 14.9 Å². The van der Waals surface area contributed by atoms with E-state index in [0.717, 1.165) is 25.7 Å². The minimum absolute atomic E-state index is 0.0225. The molecule has 5 nitrogen and oxygen atoms in total. The molecule has 0 aromatic carbocycles. The standard InChI is InChI=1S/C13H22N2O3/c1-9(16)15-7-10(8-15)13(18)14(2)11-3-5-12(17)6-4-11/h10-12,17H,3-8H2,1-2H3. The maximum Gasteiger partial charge on any atom is 0.229 e. The van der Waals surface area contributed by atoms with Crippen LogP contribution in [0.2, 0.25) is 0 Å². The Balaban J connectivity index is 1.81. The molecule has 18 heavy (non-hydrogen) atoms. The molecule has 0 bridgehead atoms. The van der Waals surface area contributed by atoms with Crippen molar-refractivity contribution in [1.82, 2.24) is 9.80 Å². The maximum atomic E-state index is 12.2. The minimum Gasteiger partial charge on any atom is -0.393 e. The van der Waals surface area contributed by atoms with Crippen molar-refractivity contribution >= 4 is 11.8 Å². The normalized spacial score (nSPS) is 28.7. The fourth-order valence-corrected chi connectivity index (χ4v) is 2.81. The Hall–Kier alpha value is -1.10. The molecule has 2 rings (SSSR count). The molecule has 1 aliphatic heterocycles. The van der Waals surface area contributed by atoms with Gasteiger partial charge >= 0.3 is 0 Å². The lowest BCUT2D eigenvalue weighted by molar-refractivity contribution is -0.148. The smallest absolute Gasteiger partial charge is 0.229 e. The molecule has 1 saturated heterocycles. The molecule has 1 saturated carbocycles. The van der Waals surface area contributed by atoms with Crippen LogP contribution in [-0.2, 0) is 9.59 Å². The van der Waals surface area contributed by atoms with Crippen LogP contribution in [0.15, 0.2) is 0 Å². The molecule has 2 fully saturated rings. The van der Waals surface area contributed by atoms with Crippen molar-refractivity contribution in [3.8, 4) is 0 Å². The molecule has 0 spiro atoms. The van der Waals surface area contributed by atoms with Crippen molar-refractivity contribution in [1.29, 1.82) is 0 Å². The number of likely N-dealkylation sites (tertiary alicyclic amines) is 1. The average molecular weight is 254 g/mol. The SMILES string of the molecule is CC(=O)N1CC(C(=O)N(C)C2CCC(O)CC2)C1. The lowest BCUT2D eigenvalue weighted by Gasteiger charge is -2.42. The zero-order valence-electron chi connectivity index (χ0n) is 11.1. The highest BCUT2D eigenvalue weighted by Gasteiger charge is 2.37. The highest BCUT2D eigenvalue weighted by atomic mass is 16.3. The number of carbonyl (C=O) groups is 2. The monoisotopic (exact) mass is 254 g/mol. The van der Waals surface area contributed by atoms with E-state index in [4.69, 9.17) is 0 Å². The topological polar surface area (TPSA) is 60.9 Å². The van der Waals surface area contributed by atoms with Gasteiger partial charge in [0, 0.05) is 33.1 Å². The summed E-state index contributed by atoms with van der Waals surface area (Å²) in [5, 5.41) is 9.46. The number of aliphatic hydroxyl groups is 1. The summed E-state index contributed by atoms with van der Waals surface area (Å²) in [7, 11) is 1.85. The predicted octanol–water partition coefficient (Wildman–Crippen LogP) is 0.227. The average Bonchev–Trinajstić information content (AvgIpc) is 2.26. The number of hydrogen-bond donors (Lipinski definition) is 1. The molecule has 0 radical (unpaired) electrons. The maximum absolute atomic E-state index is 12.2. The Bertz CT molecular complexity index is 331. The van der Waals surface area contributed by atoms with Crippen LogP contribution in [0.3, 0.4) is 0 Å². The fraction of sp³-hybridized carbons (Fsp3) is 0.846. The van der Waals surface area contributed by atoms with E-state index < -0.39 is 0 Å². The molecule has 1 heterocycles. The molecule has 2 amide bonds. The first-order valence-electron chi connectivity index (χ1n) is 6.69. The van der Waals surface area contributed by atoms with Gasteiger partial charge in [-0.2, -0.15) is 0 Å². The third-order valence-electron chi connectivity index (χ3n) is 4.24. The number of aliphatic hydroxyl groups excluding tert-OH is 1. The van der Waals surface area contributed by atoms with Gasteiger partial charge in [-0.3, -0.25) is 9.59 Å². The van der Waals surface area contributed by atoms with Crippen molar-refractivity contribution in [3.63, 3.8) is 0 Å². The van der Waals surface area contributed by atoms with Gasteiger partial charge in [0.2, 0.25) is 11.8 Å². The lowest BCUT2D eigenvalue weighted by atomic mass is 9.90. The first-order chi connectivity index (χ1) is 8.49. The third-order valence-corrected chi connectivity index (χ3v) is 4.24. The van der Waals surface area contributed by atoms with Crippen LogP contribution in [0.25, 0.3) is 0 Å². The minimum atomic E-state index is -0.193. The second-order valence-electron chi connectivity index (χ2n) is 5.53. The number of nitrogens with zero attached hydrogens (tertiary/aromatic N) is 2. The van der Waals surface area contributed by atoms with Gasteiger partial charge in [-0.05, 0) is 25.7 Å². The summed E-state index contributed by atoms with van der Waals surface area (Å²) in [5.74, 6) is 0.169. The van der Waals surface area contributed by atoms with Gasteiger partial charge in [0.1, 0.15) is 0 Å². The Labute approximate surface area is 108 Å². The molecule has 0 unspecified atom stereocenters. The molecule has 1 N–H and O–H groups in total. The zero-order chi connectivity index (χ0) is 13.3. The number of rotatable bonds is 2. The Morgan fingerprint density at radius 3 is 2.22 bits per heavy atom. The zero-order valence-corrected chi connectivity index (χ0v) is 11.1. The highest BCUT2D eigenvalue weighted by molar-refractivity contribution is 5.83. The summed E-state index contributed by atoms with van der Waals surface area (Å²) in [5.41, 5.74) is 0. The van der Waals surface area contributed by atoms with Crippen LogP contribution in [0.1, 0.15) is 32.6 Å². The fourth-order valence-electron chi connectivity index (χ4n) is 2.81. The first kappa shape index (κ1) is 13.3. The summed E-state index contributed by atoms with van der Waals surface area (Å²) in [6.07, 6.45) is 3.14. The van der Waals surface area contributed by atoms with E-state index in [1.807, 2.05) is 11.9 Å². The van der Waals surface area contributed by atoms with E-state index in [-0.39, 0.29) is 29.9 Å². The molecular formula is C13H22N2O3. The van der Waals surface area contributed by atoms with Crippen LogP contribution in [0, 0.1) is 5.92 Å². The molecule has 0 aromatic rings. The largest absolute Gasteiger partial charge is 0.393 e. The molecule has 102 valence electrons. The third kappa shape index (κ3) is 2.66. The van der Waals surface area contributed by atoms with Gasteiger partial charge in [0.25, 0.3) is 0 Å². The molecule has 0 atom stereocenters. The lowest BCUT2D eigenvalue weighted by Crippen LogP contribution is -2.56. The van der Waals surface area contributed by atoms with Crippen LogP contribution >= 0.6 is 0 Å². The van der Waals surface area contributed by atoms with Crippen LogP contribution in [-0.4, -0.2) is 59.0 Å². The molecular weight excluding hydrogens is 232 g/mol. The van der Waals surface area contributed by atoms with Crippen molar-refractivity contribution in [3.05, 3.63) is 0 Å². The Morgan fingerprint density at radius 2 is 1.72 bits per heavy atom. The Morgan fingerprint density at radius 1 is 1.17 bits per heavy atom. The van der Waals surface area contributed by atoms with Crippen molar-refractivity contribution in [2.45, 2.75) is 44.8 Å². The molecule has 5 heteroatoms. The summed E-state index contributed by atoms with van der Waals surface area (Å²) < 4.78 is 0. The van der Waals surface area contributed by atoms with Crippen LogP contribution in [0.5, 0.6) is 0 Å².